The normalized spacial score (nSPS) is 20.0. The number of halogens is 3. The lowest BCUT2D eigenvalue weighted by Gasteiger charge is -2.12. The molecule has 3 rings (SSSR count). The standard InChI is InChI=1S/C15H15F3N4OS/c1-22-12(20-21-14(22)24)7-19-13(23)10-6-9(10)8-4-2-3-5-11(8)15(16,17)18/h2-5,9-10H,6-7H2,1H3,(H,19,23)(H,21,24)/t9-,10+/m0/s1. The molecule has 24 heavy (non-hydrogen) atoms. The molecule has 0 bridgehead atoms. The van der Waals surface area contributed by atoms with E-state index in [9.17, 15) is 18.0 Å². The van der Waals surface area contributed by atoms with E-state index in [4.69, 9.17) is 12.2 Å². The molecule has 0 saturated heterocycles. The van der Waals surface area contributed by atoms with E-state index < -0.39 is 23.6 Å². The van der Waals surface area contributed by atoms with Crippen LogP contribution in [0.15, 0.2) is 24.3 Å². The van der Waals surface area contributed by atoms with Crippen molar-refractivity contribution in [3.63, 3.8) is 0 Å². The highest BCUT2D eigenvalue weighted by Crippen LogP contribution is 2.51. The lowest BCUT2D eigenvalue weighted by atomic mass is 10.0. The number of carbonyl (C=O) groups excluding carboxylic acids is 1. The summed E-state index contributed by atoms with van der Waals surface area (Å²) in [5.41, 5.74) is -0.483. The van der Waals surface area contributed by atoms with Crippen LogP contribution >= 0.6 is 12.2 Å². The average Bonchev–Trinajstić information content (AvgIpc) is 3.27. The fourth-order valence-electron chi connectivity index (χ4n) is 2.74. The summed E-state index contributed by atoms with van der Waals surface area (Å²) in [6.45, 7) is 0.173. The summed E-state index contributed by atoms with van der Waals surface area (Å²) in [4.78, 5) is 12.2. The summed E-state index contributed by atoms with van der Waals surface area (Å²) in [5.74, 6) is -0.557. The van der Waals surface area contributed by atoms with Gasteiger partial charge in [-0.25, -0.2) is 0 Å². The maximum atomic E-state index is 13.1. The summed E-state index contributed by atoms with van der Waals surface area (Å²) < 4.78 is 41.2. The van der Waals surface area contributed by atoms with Gasteiger partial charge in [0.2, 0.25) is 5.91 Å². The SMILES string of the molecule is Cn1c(CNC(=O)[C@@H]2C[C@H]2c2ccccc2C(F)(F)F)n[nH]c1=S. The third-order valence-electron chi connectivity index (χ3n) is 4.19. The van der Waals surface area contributed by atoms with Crippen LogP contribution < -0.4 is 5.32 Å². The van der Waals surface area contributed by atoms with Crippen molar-refractivity contribution in [3.8, 4) is 0 Å². The van der Waals surface area contributed by atoms with Gasteiger partial charge in [-0.15, -0.1) is 0 Å². The maximum Gasteiger partial charge on any atom is 0.416 e. The number of hydrogen-bond donors (Lipinski definition) is 2. The van der Waals surface area contributed by atoms with Gasteiger partial charge in [0, 0.05) is 13.0 Å². The van der Waals surface area contributed by atoms with Gasteiger partial charge >= 0.3 is 6.18 Å². The Morgan fingerprint density at radius 1 is 1.46 bits per heavy atom. The zero-order valence-corrected chi connectivity index (χ0v) is 13.5. The minimum Gasteiger partial charge on any atom is -0.349 e. The van der Waals surface area contributed by atoms with E-state index in [1.165, 1.54) is 12.1 Å². The molecule has 1 aromatic carbocycles. The van der Waals surface area contributed by atoms with Crippen molar-refractivity contribution in [2.75, 3.05) is 0 Å². The van der Waals surface area contributed by atoms with Gasteiger partial charge in [0.15, 0.2) is 10.6 Å². The first-order chi connectivity index (χ1) is 11.3. The fourth-order valence-corrected chi connectivity index (χ4v) is 2.89. The molecule has 2 atom stereocenters. The zero-order chi connectivity index (χ0) is 17.5. The van der Waals surface area contributed by atoms with Crippen molar-refractivity contribution in [1.29, 1.82) is 0 Å². The molecule has 1 fully saturated rings. The van der Waals surface area contributed by atoms with E-state index in [2.05, 4.69) is 15.5 Å². The van der Waals surface area contributed by atoms with Gasteiger partial charge in [0.05, 0.1) is 12.1 Å². The fraction of sp³-hybridized carbons (Fsp3) is 0.400. The van der Waals surface area contributed by atoms with Crippen LogP contribution in [0.2, 0.25) is 0 Å². The number of benzene rings is 1. The first-order valence-electron chi connectivity index (χ1n) is 7.33. The van der Waals surface area contributed by atoms with Crippen molar-refractivity contribution in [3.05, 3.63) is 46.0 Å². The molecule has 0 unspecified atom stereocenters. The maximum absolute atomic E-state index is 13.1. The van der Waals surface area contributed by atoms with Gasteiger partial charge in [0.25, 0.3) is 0 Å². The van der Waals surface area contributed by atoms with E-state index in [1.54, 1.807) is 17.7 Å². The third kappa shape index (κ3) is 3.21. The second kappa shape index (κ2) is 6.04. The molecule has 0 aliphatic heterocycles. The second-order valence-corrected chi connectivity index (χ2v) is 6.14. The number of nitrogens with zero attached hydrogens (tertiary/aromatic N) is 2. The summed E-state index contributed by atoms with van der Waals surface area (Å²) in [6, 6.07) is 5.41. The number of amides is 1. The van der Waals surface area contributed by atoms with E-state index >= 15 is 0 Å². The smallest absolute Gasteiger partial charge is 0.349 e. The minimum atomic E-state index is -4.41. The van der Waals surface area contributed by atoms with Crippen molar-refractivity contribution in [2.24, 2.45) is 13.0 Å². The second-order valence-electron chi connectivity index (χ2n) is 5.76. The molecule has 5 nitrogen and oxygen atoms in total. The van der Waals surface area contributed by atoms with Gasteiger partial charge in [0.1, 0.15) is 0 Å². The summed E-state index contributed by atoms with van der Waals surface area (Å²) in [7, 11) is 1.72. The largest absolute Gasteiger partial charge is 0.416 e. The summed E-state index contributed by atoms with van der Waals surface area (Å²) in [5, 5.41) is 9.28. The molecular formula is C15H15F3N4OS. The van der Waals surface area contributed by atoms with Crippen molar-refractivity contribution < 1.29 is 18.0 Å². The van der Waals surface area contributed by atoms with E-state index in [0.29, 0.717) is 17.0 Å². The number of hydrogen-bond acceptors (Lipinski definition) is 3. The van der Waals surface area contributed by atoms with Gasteiger partial charge in [-0.1, -0.05) is 18.2 Å². The molecule has 0 radical (unpaired) electrons. The van der Waals surface area contributed by atoms with E-state index in [-0.39, 0.29) is 18.0 Å². The van der Waals surface area contributed by atoms with Crippen LogP contribution in [0, 0.1) is 10.7 Å². The molecule has 1 aromatic heterocycles. The Morgan fingerprint density at radius 3 is 2.79 bits per heavy atom. The first kappa shape index (κ1) is 16.7. The monoisotopic (exact) mass is 356 g/mol. The van der Waals surface area contributed by atoms with Crippen LogP contribution in [-0.2, 0) is 24.6 Å². The average molecular weight is 356 g/mol. The molecule has 1 aliphatic carbocycles. The molecule has 2 N–H and O–H groups in total. The van der Waals surface area contributed by atoms with Gasteiger partial charge in [-0.3, -0.25) is 9.89 Å². The number of nitrogens with one attached hydrogen (secondary N) is 2. The predicted molar refractivity (Wildman–Crippen MR) is 82.5 cm³/mol. The van der Waals surface area contributed by atoms with Gasteiger partial charge in [-0.05, 0) is 36.2 Å². The highest BCUT2D eigenvalue weighted by Gasteiger charge is 2.47. The lowest BCUT2D eigenvalue weighted by Crippen LogP contribution is -2.26. The number of aromatic nitrogens is 3. The van der Waals surface area contributed by atoms with Crippen molar-refractivity contribution in [1.82, 2.24) is 20.1 Å². The number of aromatic amines is 1. The van der Waals surface area contributed by atoms with Crippen LogP contribution in [0.5, 0.6) is 0 Å². The van der Waals surface area contributed by atoms with E-state index in [1.807, 2.05) is 0 Å². The quantitative estimate of drug-likeness (QED) is 0.828. The van der Waals surface area contributed by atoms with Crippen LogP contribution in [0.3, 0.4) is 0 Å². The first-order valence-corrected chi connectivity index (χ1v) is 7.74. The number of alkyl halides is 3. The molecule has 9 heteroatoms. The third-order valence-corrected chi connectivity index (χ3v) is 4.55. The molecule has 1 saturated carbocycles. The highest BCUT2D eigenvalue weighted by molar-refractivity contribution is 7.71. The molecule has 1 aliphatic rings. The highest BCUT2D eigenvalue weighted by atomic mass is 32.1. The Kier molecular flexibility index (Phi) is 4.20. The molecule has 2 aromatic rings. The Hall–Kier alpha value is -2.16. The molecular weight excluding hydrogens is 341 g/mol. The Balaban J connectivity index is 1.66. The molecule has 128 valence electrons. The van der Waals surface area contributed by atoms with Crippen LogP contribution in [-0.4, -0.2) is 20.7 Å². The predicted octanol–water partition coefficient (Wildman–Crippen LogP) is 2.92. The van der Waals surface area contributed by atoms with Crippen LogP contribution in [0.1, 0.15) is 29.3 Å². The zero-order valence-electron chi connectivity index (χ0n) is 12.7. The molecule has 1 amide bonds. The van der Waals surface area contributed by atoms with E-state index in [0.717, 1.165) is 6.07 Å². The molecule has 0 spiro atoms. The Labute approximate surface area is 140 Å². The summed E-state index contributed by atoms with van der Waals surface area (Å²) >= 11 is 4.98. The van der Waals surface area contributed by atoms with Crippen LogP contribution in [0.25, 0.3) is 0 Å². The van der Waals surface area contributed by atoms with Gasteiger partial charge < -0.3 is 9.88 Å². The number of H-pyrrole nitrogens is 1. The van der Waals surface area contributed by atoms with Gasteiger partial charge in [-0.2, -0.15) is 18.3 Å². The number of rotatable bonds is 4. The number of carbonyl (C=O) groups is 1. The van der Waals surface area contributed by atoms with Crippen molar-refractivity contribution >= 4 is 18.1 Å². The van der Waals surface area contributed by atoms with Crippen LogP contribution in [0.4, 0.5) is 13.2 Å². The Morgan fingerprint density at radius 2 is 2.17 bits per heavy atom. The lowest BCUT2D eigenvalue weighted by molar-refractivity contribution is -0.138. The topological polar surface area (TPSA) is 62.7 Å². The Bertz CT molecular complexity index is 827. The minimum absolute atomic E-state index is 0.173. The molecule has 1 heterocycles. The van der Waals surface area contributed by atoms with Crippen molar-refractivity contribution in [2.45, 2.75) is 25.1 Å². The summed E-state index contributed by atoms with van der Waals surface area (Å²) in [6.07, 6.45) is -4.00.